The molecule has 4 heteroatoms. The molecule has 0 aromatic heterocycles. The SMILES string of the molecule is CN1CCOC(=Nc2ccccc2-c2ccccc2)C1=Nc1ccccc1-c1ccccc1. The van der Waals surface area contributed by atoms with Crippen molar-refractivity contribution in [1.82, 2.24) is 4.90 Å². The lowest BCUT2D eigenvalue weighted by molar-refractivity contribution is 0.252. The van der Waals surface area contributed by atoms with E-state index in [0.29, 0.717) is 12.5 Å². The molecule has 1 aliphatic heterocycles. The van der Waals surface area contributed by atoms with Gasteiger partial charge in [0.1, 0.15) is 6.61 Å². The molecule has 1 saturated heterocycles. The van der Waals surface area contributed by atoms with E-state index < -0.39 is 0 Å². The van der Waals surface area contributed by atoms with Crippen molar-refractivity contribution in [3.63, 3.8) is 0 Å². The number of morpholine rings is 1. The Bertz CT molecular complexity index is 1300. The molecule has 162 valence electrons. The molecule has 0 aliphatic carbocycles. The number of likely N-dealkylation sites (N-methyl/N-ethyl adjacent to an activating group) is 1. The van der Waals surface area contributed by atoms with Gasteiger partial charge in [-0.25, -0.2) is 9.98 Å². The molecule has 0 N–H and O–H groups in total. The monoisotopic (exact) mass is 431 g/mol. The fourth-order valence-electron chi connectivity index (χ4n) is 3.92. The average molecular weight is 432 g/mol. The molecular weight excluding hydrogens is 406 g/mol. The first-order valence-corrected chi connectivity index (χ1v) is 11.1. The van der Waals surface area contributed by atoms with Gasteiger partial charge in [-0.3, -0.25) is 0 Å². The van der Waals surface area contributed by atoms with Gasteiger partial charge in [0, 0.05) is 18.2 Å². The third-order valence-corrected chi connectivity index (χ3v) is 5.64. The van der Waals surface area contributed by atoms with Crippen molar-refractivity contribution in [2.24, 2.45) is 9.98 Å². The van der Waals surface area contributed by atoms with E-state index in [1.165, 1.54) is 0 Å². The lowest BCUT2D eigenvalue weighted by atomic mass is 10.0. The van der Waals surface area contributed by atoms with Gasteiger partial charge in [-0.1, -0.05) is 97.1 Å². The Morgan fingerprint density at radius 1 is 0.606 bits per heavy atom. The van der Waals surface area contributed by atoms with Crippen LogP contribution in [-0.4, -0.2) is 36.8 Å². The fraction of sp³-hybridized carbons (Fsp3) is 0.103. The van der Waals surface area contributed by atoms with Crippen LogP contribution >= 0.6 is 0 Å². The highest BCUT2D eigenvalue weighted by molar-refractivity contribution is 6.39. The summed E-state index contributed by atoms with van der Waals surface area (Å²) in [4.78, 5) is 12.1. The van der Waals surface area contributed by atoms with E-state index >= 15 is 0 Å². The zero-order valence-electron chi connectivity index (χ0n) is 18.6. The summed E-state index contributed by atoms with van der Waals surface area (Å²) in [6.45, 7) is 1.33. The molecule has 1 heterocycles. The maximum Gasteiger partial charge on any atom is 0.258 e. The van der Waals surface area contributed by atoms with Gasteiger partial charge in [0.05, 0.1) is 17.9 Å². The summed E-state index contributed by atoms with van der Waals surface area (Å²) in [6.07, 6.45) is 0. The Kier molecular flexibility index (Phi) is 5.98. The largest absolute Gasteiger partial charge is 0.473 e. The standard InChI is InChI=1S/C29H25N3O/c1-32-20-21-33-29(31-27-19-11-9-17-25(27)23-14-6-3-7-15-23)28(32)30-26-18-10-8-16-24(26)22-12-4-2-5-13-22/h2-19H,20-21H2,1H3. The van der Waals surface area contributed by atoms with Crippen LogP contribution in [0.2, 0.25) is 0 Å². The van der Waals surface area contributed by atoms with Crippen molar-refractivity contribution in [2.75, 3.05) is 20.2 Å². The van der Waals surface area contributed by atoms with Crippen molar-refractivity contribution < 1.29 is 4.74 Å². The third kappa shape index (κ3) is 4.55. The zero-order valence-corrected chi connectivity index (χ0v) is 18.6. The van der Waals surface area contributed by atoms with Gasteiger partial charge in [-0.05, 0) is 23.3 Å². The van der Waals surface area contributed by atoms with Crippen LogP contribution in [0.1, 0.15) is 0 Å². The molecule has 1 aliphatic rings. The summed E-state index contributed by atoms with van der Waals surface area (Å²) in [5.41, 5.74) is 6.14. The van der Waals surface area contributed by atoms with Crippen LogP contribution in [0.15, 0.2) is 119 Å². The minimum atomic E-state index is 0.537. The van der Waals surface area contributed by atoms with Gasteiger partial charge in [0.25, 0.3) is 5.90 Å². The molecule has 0 spiro atoms. The molecule has 0 atom stereocenters. The van der Waals surface area contributed by atoms with Crippen LogP contribution in [0.25, 0.3) is 22.3 Å². The number of aliphatic imine (C=N–C) groups is 2. The van der Waals surface area contributed by atoms with Crippen molar-refractivity contribution in [1.29, 1.82) is 0 Å². The molecular formula is C29H25N3O. The summed E-state index contributed by atoms with van der Waals surface area (Å²) >= 11 is 0. The molecule has 4 aromatic rings. The molecule has 33 heavy (non-hydrogen) atoms. The van der Waals surface area contributed by atoms with Gasteiger partial charge in [0.15, 0.2) is 5.84 Å². The molecule has 0 bridgehead atoms. The molecule has 0 amide bonds. The van der Waals surface area contributed by atoms with Crippen LogP contribution in [0.5, 0.6) is 0 Å². The highest BCUT2D eigenvalue weighted by atomic mass is 16.5. The van der Waals surface area contributed by atoms with Crippen molar-refractivity contribution >= 4 is 23.1 Å². The predicted molar refractivity (Wildman–Crippen MR) is 137 cm³/mol. The van der Waals surface area contributed by atoms with Crippen molar-refractivity contribution in [2.45, 2.75) is 0 Å². The summed E-state index contributed by atoms with van der Waals surface area (Å²) in [6, 6.07) is 36.9. The maximum atomic E-state index is 6.05. The first-order chi connectivity index (χ1) is 16.3. The highest BCUT2D eigenvalue weighted by Gasteiger charge is 2.23. The van der Waals surface area contributed by atoms with E-state index in [1.807, 2.05) is 79.8 Å². The molecule has 4 nitrogen and oxygen atoms in total. The minimum absolute atomic E-state index is 0.537. The topological polar surface area (TPSA) is 37.2 Å². The molecule has 4 aromatic carbocycles. The number of para-hydroxylation sites is 2. The van der Waals surface area contributed by atoms with E-state index in [4.69, 9.17) is 14.7 Å². The first-order valence-electron chi connectivity index (χ1n) is 11.1. The van der Waals surface area contributed by atoms with Crippen LogP contribution in [-0.2, 0) is 4.74 Å². The highest BCUT2D eigenvalue weighted by Crippen LogP contribution is 2.32. The number of nitrogens with zero attached hydrogens (tertiary/aromatic N) is 3. The molecule has 0 radical (unpaired) electrons. The summed E-state index contributed by atoms with van der Waals surface area (Å²) < 4.78 is 6.05. The van der Waals surface area contributed by atoms with Crippen molar-refractivity contribution in [3.8, 4) is 22.3 Å². The van der Waals surface area contributed by atoms with E-state index in [0.717, 1.165) is 46.0 Å². The van der Waals surface area contributed by atoms with E-state index in [9.17, 15) is 0 Å². The van der Waals surface area contributed by atoms with Crippen molar-refractivity contribution in [3.05, 3.63) is 109 Å². The number of benzene rings is 4. The van der Waals surface area contributed by atoms with Gasteiger partial charge in [-0.15, -0.1) is 0 Å². The first kappa shape index (κ1) is 20.7. The second kappa shape index (κ2) is 9.53. The molecule has 1 fully saturated rings. The summed E-state index contributed by atoms with van der Waals surface area (Å²) in [7, 11) is 2.03. The van der Waals surface area contributed by atoms with Crippen LogP contribution in [0.3, 0.4) is 0 Å². The van der Waals surface area contributed by atoms with Gasteiger partial charge in [0.2, 0.25) is 0 Å². The number of amidine groups is 1. The molecule has 0 saturated carbocycles. The minimum Gasteiger partial charge on any atom is -0.473 e. The number of ether oxygens (including phenoxy) is 1. The lowest BCUT2D eigenvalue weighted by Gasteiger charge is -2.28. The maximum absolute atomic E-state index is 6.05. The zero-order chi connectivity index (χ0) is 22.5. The molecule has 0 unspecified atom stereocenters. The number of hydrogen-bond donors (Lipinski definition) is 0. The quantitative estimate of drug-likeness (QED) is 0.359. The van der Waals surface area contributed by atoms with Crippen LogP contribution < -0.4 is 0 Å². The number of rotatable bonds is 4. The Morgan fingerprint density at radius 3 is 1.67 bits per heavy atom. The van der Waals surface area contributed by atoms with Crippen LogP contribution in [0, 0.1) is 0 Å². The average Bonchev–Trinajstić information content (AvgIpc) is 2.88. The van der Waals surface area contributed by atoms with Gasteiger partial charge >= 0.3 is 0 Å². The summed E-state index contributed by atoms with van der Waals surface area (Å²) in [5, 5.41) is 0. The predicted octanol–water partition coefficient (Wildman–Crippen LogP) is 6.74. The van der Waals surface area contributed by atoms with E-state index in [-0.39, 0.29) is 0 Å². The fourth-order valence-corrected chi connectivity index (χ4v) is 3.92. The Morgan fingerprint density at radius 2 is 1.09 bits per heavy atom. The summed E-state index contributed by atoms with van der Waals surface area (Å²) in [5.74, 6) is 1.27. The Labute approximate surface area is 194 Å². The third-order valence-electron chi connectivity index (χ3n) is 5.64. The normalized spacial score (nSPS) is 16.1. The second-order valence-electron chi connectivity index (χ2n) is 7.89. The molecule has 5 rings (SSSR count). The Balaban J connectivity index is 1.60. The van der Waals surface area contributed by atoms with Crippen LogP contribution in [0.4, 0.5) is 11.4 Å². The van der Waals surface area contributed by atoms with E-state index in [2.05, 4.69) is 41.3 Å². The lowest BCUT2D eigenvalue weighted by Crippen LogP contribution is -2.42. The van der Waals surface area contributed by atoms with Gasteiger partial charge < -0.3 is 9.64 Å². The van der Waals surface area contributed by atoms with Gasteiger partial charge in [-0.2, -0.15) is 0 Å². The number of hydrogen-bond acceptors (Lipinski definition) is 3. The Hall–Kier alpha value is -4.18. The smallest absolute Gasteiger partial charge is 0.258 e. The second-order valence-corrected chi connectivity index (χ2v) is 7.89. The van der Waals surface area contributed by atoms with E-state index in [1.54, 1.807) is 0 Å².